The summed E-state index contributed by atoms with van der Waals surface area (Å²) in [4.78, 5) is 0.131. The Balaban J connectivity index is 2.37. The van der Waals surface area contributed by atoms with E-state index in [-0.39, 0.29) is 24.5 Å². The van der Waals surface area contributed by atoms with Crippen molar-refractivity contribution in [3.8, 4) is 0 Å². The highest BCUT2D eigenvalue weighted by Gasteiger charge is 2.30. The van der Waals surface area contributed by atoms with Gasteiger partial charge in [0.1, 0.15) is 10.6 Å². The van der Waals surface area contributed by atoms with Crippen molar-refractivity contribution in [1.29, 1.82) is 0 Å². The second-order valence-corrected chi connectivity index (χ2v) is 6.64. The highest BCUT2D eigenvalue weighted by Crippen LogP contribution is 2.24. The van der Waals surface area contributed by atoms with Crippen molar-refractivity contribution in [3.63, 3.8) is 0 Å². The maximum Gasteiger partial charge on any atom is 0.248 e. The number of sulfonamides is 1. The molecule has 0 bridgehead atoms. The maximum atomic E-state index is 12.8. The third kappa shape index (κ3) is 3.31. The molecule has 0 amide bonds. The lowest BCUT2D eigenvalue weighted by molar-refractivity contribution is 0.387. The number of aryl methyl sites for hydroxylation is 2. The number of rotatable bonds is 6. The molecule has 0 saturated heterocycles. The topological polar surface area (TPSA) is 89.4 Å². The zero-order chi connectivity index (χ0) is 15.5. The zero-order valence-corrected chi connectivity index (χ0v) is 12.9. The molecule has 0 fully saturated rings. The van der Waals surface area contributed by atoms with Gasteiger partial charge in [-0.3, -0.25) is 0 Å². The largest absolute Gasteiger partial charge is 0.360 e. The molecule has 114 valence electrons. The third-order valence-electron chi connectivity index (χ3n) is 3.15. The molecule has 2 aromatic rings. The first-order valence-electron chi connectivity index (χ1n) is 6.64. The Morgan fingerprint density at radius 1 is 1.24 bits per heavy atom. The van der Waals surface area contributed by atoms with Crippen molar-refractivity contribution < 1.29 is 12.9 Å². The van der Waals surface area contributed by atoms with E-state index >= 15 is 0 Å². The van der Waals surface area contributed by atoms with Crippen LogP contribution < -0.4 is 5.73 Å². The lowest BCUT2D eigenvalue weighted by Gasteiger charge is -2.21. The second kappa shape index (κ2) is 6.38. The molecule has 1 aromatic carbocycles. The fourth-order valence-corrected chi connectivity index (χ4v) is 3.92. The molecule has 0 atom stereocenters. The van der Waals surface area contributed by atoms with Crippen LogP contribution in [-0.4, -0.2) is 31.0 Å². The highest BCUT2D eigenvalue weighted by molar-refractivity contribution is 7.89. The average molecular weight is 309 g/mol. The minimum atomic E-state index is -3.68. The Kier molecular flexibility index (Phi) is 4.76. The lowest BCUT2D eigenvalue weighted by atomic mass is 10.2. The number of hydrogen-bond acceptors (Lipinski definition) is 5. The fourth-order valence-electron chi connectivity index (χ4n) is 2.19. The van der Waals surface area contributed by atoms with E-state index in [0.717, 1.165) is 5.56 Å². The van der Waals surface area contributed by atoms with Gasteiger partial charge in [0.25, 0.3) is 0 Å². The molecule has 7 heteroatoms. The van der Waals surface area contributed by atoms with Gasteiger partial charge in [-0.1, -0.05) is 35.5 Å². The molecule has 0 saturated carbocycles. The Labute approximate surface area is 124 Å². The van der Waals surface area contributed by atoms with Gasteiger partial charge in [-0.15, -0.1) is 0 Å². The lowest BCUT2D eigenvalue weighted by Crippen LogP contribution is -2.35. The van der Waals surface area contributed by atoms with E-state index < -0.39 is 10.0 Å². The Morgan fingerprint density at radius 3 is 2.43 bits per heavy atom. The van der Waals surface area contributed by atoms with Crippen molar-refractivity contribution in [1.82, 2.24) is 9.46 Å². The summed E-state index contributed by atoms with van der Waals surface area (Å²) in [6, 6.07) is 9.40. The molecular weight excluding hydrogens is 290 g/mol. The molecule has 0 aliphatic heterocycles. The summed E-state index contributed by atoms with van der Waals surface area (Å²) in [6.07, 6.45) is 0. The molecular formula is C14H19N3O3S. The predicted molar refractivity (Wildman–Crippen MR) is 79.1 cm³/mol. The van der Waals surface area contributed by atoms with Gasteiger partial charge >= 0.3 is 0 Å². The normalized spacial score (nSPS) is 12.0. The van der Waals surface area contributed by atoms with Crippen molar-refractivity contribution in [3.05, 3.63) is 47.3 Å². The summed E-state index contributed by atoms with van der Waals surface area (Å²) >= 11 is 0. The van der Waals surface area contributed by atoms with E-state index in [1.54, 1.807) is 13.8 Å². The molecule has 6 nitrogen and oxygen atoms in total. The quantitative estimate of drug-likeness (QED) is 0.872. The van der Waals surface area contributed by atoms with E-state index in [0.29, 0.717) is 11.5 Å². The molecule has 0 aliphatic carbocycles. The molecule has 2 N–H and O–H groups in total. The van der Waals surface area contributed by atoms with Gasteiger partial charge in [-0.25, -0.2) is 8.42 Å². The molecule has 2 rings (SSSR count). The second-order valence-electron chi connectivity index (χ2n) is 4.77. The van der Waals surface area contributed by atoms with E-state index in [9.17, 15) is 8.42 Å². The SMILES string of the molecule is Cc1noc(C)c1S(=O)(=O)N(CCN)Cc1ccccc1. The summed E-state index contributed by atoms with van der Waals surface area (Å²) in [6.45, 7) is 3.96. The van der Waals surface area contributed by atoms with E-state index in [1.807, 2.05) is 30.3 Å². The molecule has 0 radical (unpaired) electrons. The average Bonchev–Trinajstić information content (AvgIpc) is 2.79. The van der Waals surface area contributed by atoms with Crippen LogP contribution in [0.15, 0.2) is 39.8 Å². The van der Waals surface area contributed by atoms with Crippen molar-refractivity contribution in [2.24, 2.45) is 5.73 Å². The van der Waals surface area contributed by atoms with Gasteiger partial charge < -0.3 is 10.3 Å². The monoisotopic (exact) mass is 309 g/mol. The highest BCUT2D eigenvalue weighted by atomic mass is 32.2. The molecule has 1 heterocycles. The van der Waals surface area contributed by atoms with Gasteiger partial charge in [0, 0.05) is 19.6 Å². The molecule has 21 heavy (non-hydrogen) atoms. The van der Waals surface area contributed by atoms with Gasteiger partial charge in [0.2, 0.25) is 10.0 Å². The number of benzene rings is 1. The Bertz CT molecular complexity index is 676. The summed E-state index contributed by atoms with van der Waals surface area (Å²) in [5.74, 6) is 0.294. The number of nitrogens with two attached hydrogens (primary N) is 1. The van der Waals surface area contributed by atoms with Crippen molar-refractivity contribution in [2.45, 2.75) is 25.3 Å². The number of aromatic nitrogens is 1. The molecule has 0 unspecified atom stereocenters. The number of hydrogen-bond donors (Lipinski definition) is 1. The van der Waals surface area contributed by atoms with Crippen LogP contribution in [0, 0.1) is 13.8 Å². The van der Waals surface area contributed by atoms with E-state index in [4.69, 9.17) is 10.3 Å². The van der Waals surface area contributed by atoms with Crippen LogP contribution in [0.25, 0.3) is 0 Å². The Hall–Kier alpha value is -1.70. The molecule has 0 aliphatic rings. The molecule has 1 aromatic heterocycles. The van der Waals surface area contributed by atoms with Crippen LogP contribution in [0.1, 0.15) is 17.0 Å². The van der Waals surface area contributed by atoms with Crippen LogP contribution >= 0.6 is 0 Å². The van der Waals surface area contributed by atoms with Crippen LogP contribution in [0.3, 0.4) is 0 Å². The van der Waals surface area contributed by atoms with Gasteiger partial charge in [0.05, 0.1) is 0 Å². The summed E-state index contributed by atoms with van der Waals surface area (Å²) in [5, 5.41) is 3.72. The van der Waals surface area contributed by atoms with E-state index in [2.05, 4.69) is 5.16 Å². The van der Waals surface area contributed by atoms with Gasteiger partial charge in [0.15, 0.2) is 5.76 Å². The summed E-state index contributed by atoms with van der Waals surface area (Å²) in [7, 11) is -3.68. The fraction of sp³-hybridized carbons (Fsp3) is 0.357. The van der Waals surface area contributed by atoms with Crippen LogP contribution in [0.2, 0.25) is 0 Å². The minimum Gasteiger partial charge on any atom is -0.360 e. The third-order valence-corrected chi connectivity index (χ3v) is 5.24. The zero-order valence-electron chi connectivity index (χ0n) is 12.1. The Morgan fingerprint density at radius 2 is 1.90 bits per heavy atom. The summed E-state index contributed by atoms with van der Waals surface area (Å²) in [5.41, 5.74) is 6.83. The van der Waals surface area contributed by atoms with Crippen LogP contribution in [0.4, 0.5) is 0 Å². The number of nitrogens with zero attached hydrogens (tertiary/aromatic N) is 2. The van der Waals surface area contributed by atoms with Crippen molar-refractivity contribution >= 4 is 10.0 Å². The van der Waals surface area contributed by atoms with E-state index in [1.165, 1.54) is 4.31 Å². The first-order chi connectivity index (χ1) is 9.96. The first kappa shape index (κ1) is 15.7. The first-order valence-corrected chi connectivity index (χ1v) is 8.08. The van der Waals surface area contributed by atoms with Gasteiger partial charge in [-0.2, -0.15) is 4.31 Å². The minimum absolute atomic E-state index is 0.131. The van der Waals surface area contributed by atoms with Gasteiger partial charge in [-0.05, 0) is 19.4 Å². The van der Waals surface area contributed by atoms with Crippen LogP contribution in [0.5, 0.6) is 0 Å². The predicted octanol–water partition coefficient (Wildman–Crippen LogP) is 1.44. The smallest absolute Gasteiger partial charge is 0.248 e. The maximum absolute atomic E-state index is 12.8. The van der Waals surface area contributed by atoms with Crippen LogP contribution in [-0.2, 0) is 16.6 Å². The standard InChI is InChI=1S/C14H19N3O3S/c1-11-14(12(2)20-16-11)21(18,19)17(9-8-15)10-13-6-4-3-5-7-13/h3-7H,8-10,15H2,1-2H3. The molecule has 0 spiro atoms. The summed E-state index contributed by atoms with van der Waals surface area (Å²) < 4.78 is 31.9. The van der Waals surface area contributed by atoms with Crippen molar-refractivity contribution in [2.75, 3.05) is 13.1 Å².